The van der Waals surface area contributed by atoms with Gasteiger partial charge in [0.2, 0.25) is 0 Å². The van der Waals surface area contributed by atoms with Crippen LogP contribution in [0.15, 0.2) is 0 Å². The van der Waals surface area contributed by atoms with Crippen molar-refractivity contribution in [2.24, 2.45) is 0 Å². The van der Waals surface area contributed by atoms with Crippen LogP contribution in [0.2, 0.25) is 0 Å². The fraction of sp³-hybridized carbons (Fsp3) is 1.00. The Morgan fingerprint density at radius 2 is 1.33 bits per heavy atom. The fourth-order valence-electron chi connectivity index (χ4n) is 4.16. The molecule has 14 atom stereocenters. The molecule has 0 aromatic carbocycles. The molecule has 0 aromatic heterocycles. The van der Waals surface area contributed by atoms with Crippen LogP contribution in [-0.2, 0) is 28.4 Å². The van der Waals surface area contributed by atoms with Crippen molar-refractivity contribution in [2.75, 3.05) is 20.3 Å². The third-order valence-corrected chi connectivity index (χ3v) is 6.17. The van der Waals surface area contributed by atoms with Gasteiger partial charge in [-0.1, -0.05) is 0 Å². The summed E-state index contributed by atoms with van der Waals surface area (Å²) >= 11 is 0. The largest absolute Gasteiger partial charge is 0.394 e. The maximum absolute atomic E-state index is 10.4. The predicted octanol–water partition coefficient (Wildman–Crippen LogP) is -4.86. The molecule has 3 fully saturated rings. The van der Waals surface area contributed by atoms with Gasteiger partial charge in [0.1, 0.15) is 54.9 Å². The molecule has 0 aromatic rings. The van der Waals surface area contributed by atoms with Crippen LogP contribution in [-0.4, -0.2) is 147 Å². The van der Waals surface area contributed by atoms with E-state index in [9.17, 15) is 40.9 Å². The van der Waals surface area contributed by atoms with E-state index < -0.39 is 99.2 Å². The van der Waals surface area contributed by atoms with Crippen LogP contribution < -0.4 is 0 Å². The molecule has 14 heteroatoms. The van der Waals surface area contributed by atoms with Crippen LogP contribution in [0.5, 0.6) is 0 Å². The summed E-state index contributed by atoms with van der Waals surface area (Å²) in [4.78, 5) is 0. The van der Waals surface area contributed by atoms with Crippen LogP contribution in [0.1, 0.15) is 13.3 Å². The molecule has 0 unspecified atom stereocenters. The number of ether oxygens (including phenoxy) is 6. The van der Waals surface area contributed by atoms with Gasteiger partial charge in [-0.25, -0.2) is 0 Å². The highest BCUT2D eigenvalue weighted by molar-refractivity contribution is 4.93. The summed E-state index contributed by atoms with van der Waals surface area (Å²) in [5, 5.41) is 79.8. The molecular formula is C19H34O14. The minimum atomic E-state index is -1.68. The number of methoxy groups -OCH3 is 1. The first-order valence-electron chi connectivity index (χ1n) is 10.7. The van der Waals surface area contributed by atoms with E-state index in [0.717, 1.165) is 0 Å². The number of hydrogen-bond donors (Lipinski definition) is 8. The molecule has 0 bridgehead atoms. The summed E-state index contributed by atoms with van der Waals surface area (Å²) in [6.45, 7) is 0.501. The average Bonchev–Trinajstić information content (AvgIpc) is 2.79. The van der Waals surface area contributed by atoms with E-state index in [1.54, 1.807) is 6.92 Å². The zero-order valence-electron chi connectivity index (χ0n) is 18.2. The van der Waals surface area contributed by atoms with Gasteiger partial charge < -0.3 is 69.3 Å². The summed E-state index contributed by atoms with van der Waals surface area (Å²) in [5.74, 6) is 0. The Hall–Kier alpha value is -0.560. The first-order valence-corrected chi connectivity index (χ1v) is 10.7. The Kier molecular flexibility index (Phi) is 9.38. The number of rotatable bonds is 7. The van der Waals surface area contributed by atoms with Crippen molar-refractivity contribution in [3.63, 3.8) is 0 Å². The highest BCUT2D eigenvalue weighted by atomic mass is 16.7. The van der Waals surface area contributed by atoms with E-state index >= 15 is 0 Å². The number of hydrogen-bond acceptors (Lipinski definition) is 14. The van der Waals surface area contributed by atoms with E-state index in [-0.39, 0.29) is 6.42 Å². The highest BCUT2D eigenvalue weighted by Gasteiger charge is 2.49. The number of aliphatic hydroxyl groups excluding tert-OH is 8. The van der Waals surface area contributed by atoms with E-state index in [2.05, 4.69) is 0 Å². The van der Waals surface area contributed by atoms with Crippen LogP contribution >= 0.6 is 0 Å². The highest BCUT2D eigenvalue weighted by Crippen LogP contribution is 2.30. The number of aliphatic hydroxyl groups is 8. The molecule has 0 saturated carbocycles. The zero-order chi connectivity index (χ0) is 24.4. The SMILES string of the molecule is CO[C@H]1C[C@H](O)O[C@@H](C)[C@@H]1O[C@@H]1O[C@H](CO[C@@H]2O[C@H](CO)[C@@H](O)[C@H](O)[C@H]2O)[C@@H](O)[C@H](O)[C@H]1O. The van der Waals surface area contributed by atoms with Gasteiger partial charge in [0, 0.05) is 13.5 Å². The summed E-state index contributed by atoms with van der Waals surface area (Å²) in [5.41, 5.74) is 0. The minimum Gasteiger partial charge on any atom is -0.394 e. The van der Waals surface area contributed by atoms with Gasteiger partial charge >= 0.3 is 0 Å². The van der Waals surface area contributed by atoms with Crippen LogP contribution in [0.3, 0.4) is 0 Å². The van der Waals surface area contributed by atoms with Crippen molar-refractivity contribution in [2.45, 2.75) is 99.4 Å². The van der Waals surface area contributed by atoms with Crippen molar-refractivity contribution >= 4 is 0 Å². The lowest BCUT2D eigenvalue weighted by atomic mass is 9.97. The van der Waals surface area contributed by atoms with E-state index in [1.165, 1.54) is 7.11 Å². The van der Waals surface area contributed by atoms with Crippen LogP contribution in [0.25, 0.3) is 0 Å². The van der Waals surface area contributed by atoms with E-state index in [0.29, 0.717) is 0 Å². The maximum Gasteiger partial charge on any atom is 0.187 e. The Morgan fingerprint density at radius 3 is 1.94 bits per heavy atom. The lowest BCUT2D eigenvalue weighted by Crippen LogP contribution is -2.63. The molecule has 3 aliphatic heterocycles. The Labute approximate surface area is 189 Å². The van der Waals surface area contributed by atoms with Crippen LogP contribution in [0, 0.1) is 0 Å². The third-order valence-electron chi connectivity index (χ3n) is 6.17. The lowest BCUT2D eigenvalue weighted by molar-refractivity contribution is -0.351. The quantitative estimate of drug-likeness (QED) is 0.169. The second kappa shape index (κ2) is 11.5. The molecule has 0 aliphatic carbocycles. The van der Waals surface area contributed by atoms with Crippen LogP contribution in [0.4, 0.5) is 0 Å². The van der Waals surface area contributed by atoms with Crippen molar-refractivity contribution in [3.05, 3.63) is 0 Å². The van der Waals surface area contributed by atoms with Gasteiger partial charge in [-0.3, -0.25) is 0 Å². The molecule has 33 heavy (non-hydrogen) atoms. The standard InChI is InChI=1S/C19H34O14/c1-6-17(7(28-2)3-10(21)30-6)33-19-16(27)14(25)12(23)9(32-19)5-29-18-15(26)13(24)11(22)8(4-20)31-18/h6-27H,3-5H2,1-2H3/t6-,7-,8+,9+,10+,11+,12+,13-,14-,15+,16+,17-,18+,19-/m0/s1. The molecule has 194 valence electrons. The summed E-state index contributed by atoms with van der Waals surface area (Å²) in [6.07, 6.45) is -18.2. The fourth-order valence-corrected chi connectivity index (χ4v) is 4.16. The molecule has 3 aliphatic rings. The summed E-state index contributed by atoms with van der Waals surface area (Å²) in [7, 11) is 1.42. The van der Waals surface area contributed by atoms with Crippen molar-refractivity contribution in [1.82, 2.24) is 0 Å². The van der Waals surface area contributed by atoms with Gasteiger partial charge in [0.05, 0.1) is 25.4 Å². The average molecular weight is 486 g/mol. The molecule has 0 spiro atoms. The molecule has 3 saturated heterocycles. The van der Waals surface area contributed by atoms with E-state index in [1.807, 2.05) is 0 Å². The van der Waals surface area contributed by atoms with Gasteiger partial charge in [-0.15, -0.1) is 0 Å². The Bertz CT molecular complexity index is 609. The van der Waals surface area contributed by atoms with E-state index in [4.69, 9.17) is 28.4 Å². The van der Waals surface area contributed by atoms with Gasteiger partial charge in [0.15, 0.2) is 18.9 Å². The molecule has 8 N–H and O–H groups in total. The first kappa shape index (κ1) is 27.0. The second-order valence-electron chi connectivity index (χ2n) is 8.45. The molecular weight excluding hydrogens is 452 g/mol. The molecule has 3 heterocycles. The van der Waals surface area contributed by atoms with Gasteiger partial charge in [0.25, 0.3) is 0 Å². The molecule has 14 nitrogen and oxygen atoms in total. The van der Waals surface area contributed by atoms with Gasteiger partial charge in [-0.2, -0.15) is 0 Å². The third kappa shape index (κ3) is 5.82. The zero-order valence-corrected chi connectivity index (χ0v) is 18.2. The monoisotopic (exact) mass is 486 g/mol. The molecule has 3 rings (SSSR count). The Morgan fingerprint density at radius 1 is 0.758 bits per heavy atom. The summed E-state index contributed by atoms with van der Waals surface area (Å²) < 4.78 is 32.7. The van der Waals surface area contributed by atoms with Crippen molar-refractivity contribution < 1.29 is 69.3 Å². The van der Waals surface area contributed by atoms with Crippen molar-refractivity contribution in [1.29, 1.82) is 0 Å². The Balaban J connectivity index is 1.64. The summed E-state index contributed by atoms with van der Waals surface area (Å²) in [6, 6.07) is 0. The second-order valence-corrected chi connectivity index (χ2v) is 8.45. The van der Waals surface area contributed by atoms with Crippen molar-refractivity contribution in [3.8, 4) is 0 Å². The topological polar surface area (TPSA) is 217 Å². The maximum atomic E-state index is 10.4. The molecule has 0 amide bonds. The minimum absolute atomic E-state index is 0.100. The first-order chi connectivity index (χ1) is 15.6. The molecule has 0 radical (unpaired) electrons. The van der Waals surface area contributed by atoms with Gasteiger partial charge in [-0.05, 0) is 6.92 Å². The normalized spacial score (nSPS) is 51.5. The predicted molar refractivity (Wildman–Crippen MR) is 103 cm³/mol. The smallest absolute Gasteiger partial charge is 0.187 e. The lowest BCUT2D eigenvalue weighted by Gasteiger charge is -2.45.